The molecule has 0 N–H and O–H groups in total. The van der Waals surface area contributed by atoms with Crippen LogP contribution >= 0.6 is 23.1 Å². The van der Waals surface area contributed by atoms with Gasteiger partial charge in [-0.05, 0) is 37.3 Å². The molecular formula is C30H34N4O2S2. The van der Waals surface area contributed by atoms with Gasteiger partial charge in [0.05, 0.1) is 35.6 Å². The van der Waals surface area contributed by atoms with Crippen LogP contribution in [0.2, 0.25) is 0 Å². The number of fused-ring (bicyclic) bond motifs is 5. The zero-order valence-electron chi connectivity index (χ0n) is 22.3. The van der Waals surface area contributed by atoms with Crippen molar-refractivity contribution in [3.63, 3.8) is 0 Å². The van der Waals surface area contributed by atoms with Gasteiger partial charge in [-0.3, -0.25) is 0 Å². The summed E-state index contributed by atoms with van der Waals surface area (Å²) in [6, 6.07) is 10.7. The summed E-state index contributed by atoms with van der Waals surface area (Å²) >= 11 is 3.50. The summed E-state index contributed by atoms with van der Waals surface area (Å²) in [7, 11) is 0. The first-order chi connectivity index (χ1) is 18.5. The molecule has 1 atom stereocenters. The molecule has 0 saturated carbocycles. The normalized spacial score (nSPS) is 18.3. The zero-order valence-corrected chi connectivity index (χ0v) is 23.9. The van der Waals surface area contributed by atoms with E-state index in [2.05, 4.69) is 73.1 Å². The quantitative estimate of drug-likeness (QED) is 0.144. The largest absolute Gasteiger partial charge is 0.378 e. The topological polar surface area (TPSA) is 60.4 Å². The van der Waals surface area contributed by atoms with E-state index in [1.165, 1.54) is 22.1 Å². The highest BCUT2D eigenvalue weighted by molar-refractivity contribution is 7.99. The van der Waals surface area contributed by atoms with Crippen molar-refractivity contribution in [3.8, 4) is 0 Å². The number of thioether (sulfide) groups is 1. The van der Waals surface area contributed by atoms with Crippen LogP contribution < -0.4 is 4.90 Å². The Kier molecular flexibility index (Phi) is 7.40. The Morgan fingerprint density at radius 1 is 1.11 bits per heavy atom. The molecule has 3 aromatic heterocycles. The number of anilines is 1. The Morgan fingerprint density at radius 2 is 1.92 bits per heavy atom. The fourth-order valence-electron chi connectivity index (χ4n) is 5.32. The molecule has 5 heterocycles. The number of hydrogen-bond donors (Lipinski definition) is 0. The Balaban J connectivity index is 1.29. The molecule has 0 radical (unpaired) electrons. The van der Waals surface area contributed by atoms with E-state index in [0.717, 1.165) is 70.8 Å². The second-order valence-corrected chi connectivity index (χ2v) is 12.7. The third-order valence-electron chi connectivity index (χ3n) is 7.43. The van der Waals surface area contributed by atoms with Gasteiger partial charge in [0.25, 0.3) is 0 Å². The maximum atomic E-state index is 6.27. The van der Waals surface area contributed by atoms with Crippen molar-refractivity contribution in [1.82, 2.24) is 15.0 Å². The number of thiophene rings is 1. The Bertz CT molecular complexity index is 1460. The molecule has 2 aliphatic rings. The SMILES string of the molecule is C[C@H](C/C=C/CSc1ncnc2c1sc1nc(N3CCOCC3)c3c(c12)CC(C)(C)OC3)c1ccccc1. The van der Waals surface area contributed by atoms with Crippen molar-refractivity contribution in [3.05, 3.63) is 65.5 Å². The molecule has 4 aromatic rings. The minimum atomic E-state index is -0.218. The number of pyridine rings is 1. The number of allylic oxidation sites excluding steroid dienone is 1. The van der Waals surface area contributed by atoms with Gasteiger partial charge in [0.15, 0.2) is 0 Å². The Morgan fingerprint density at radius 3 is 2.74 bits per heavy atom. The maximum absolute atomic E-state index is 6.27. The number of rotatable bonds is 7. The molecule has 2 aliphatic heterocycles. The first-order valence-electron chi connectivity index (χ1n) is 13.4. The lowest BCUT2D eigenvalue weighted by Crippen LogP contribution is -2.39. The van der Waals surface area contributed by atoms with E-state index in [-0.39, 0.29) is 5.60 Å². The lowest BCUT2D eigenvalue weighted by atomic mass is 9.90. The molecule has 6 nitrogen and oxygen atoms in total. The highest BCUT2D eigenvalue weighted by Gasteiger charge is 2.33. The highest BCUT2D eigenvalue weighted by atomic mass is 32.2. The van der Waals surface area contributed by atoms with Crippen LogP contribution in [0.5, 0.6) is 0 Å². The fraction of sp³-hybridized carbons (Fsp3) is 0.433. The van der Waals surface area contributed by atoms with Crippen LogP contribution in [0.25, 0.3) is 20.4 Å². The first kappa shape index (κ1) is 25.7. The van der Waals surface area contributed by atoms with Gasteiger partial charge in [0.1, 0.15) is 22.0 Å². The van der Waals surface area contributed by atoms with E-state index in [1.807, 2.05) is 0 Å². The zero-order chi connectivity index (χ0) is 26.1. The van der Waals surface area contributed by atoms with E-state index in [0.29, 0.717) is 12.5 Å². The van der Waals surface area contributed by atoms with Crippen LogP contribution in [0.15, 0.2) is 53.8 Å². The summed E-state index contributed by atoms with van der Waals surface area (Å²) in [5, 5.41) is 2.22. The highest BCUT2D eigenvalue weighted by Crippen LogP contribution is 2.44. The van der Waals surface area contributed by atoms with Gasteiger partial charge in [-0.25, -0.2) is 15.0 Å². The van der Waals surface area contributed by atoms with E-state index in [4.69, 9.17) is 19.4 Å². The van der Waals surface area contributed by atoms with Crippen molar-refractivity contribution in [2.45, 2.75) is 56.8 Å². The van der Waals surface area contributed by atoms with Crippen LogP contribution in [-0.2, 0) is 22.5 Å². The molecule has 0 amide bonds. The number of morpholine rings is 1. The summed E-state index contributed by atoms with van der Waals surface area (Å²) in [6.07, 6.45) is 8.15. The van der Waals surface area contributed by atoms with Crippen molar-refractivity contribution < 1.29 is 9.47 Å². The monoisotopic (exact) mass is 546 g/mol. The van der Waals surface area contributed by atoms with Gasteiger partial charge in [-0.2, -0.15) is 0 Å². The standard InChI is InChI=1S/C30H34N4O2S2/c1-20(21-10-5-4-6-11-21)9-7-8-16-37-29-26-25(31-19-32-29)24-22-17-30(2,3)36-18-23(22)27(33-28(24)38-26)34-12-14-35-15-13-34/h4-8,10-11,19-20H,9,12-18H2,1-3H3/b8-7+/t20-/m1/s1. The number of benzene rings is 1. The van der Waals surface area contributed by atoms with Gasteiger partial charge < -0.3 is 14.4 Å². The average Bonchev–Trinajstić information content (AvgIpc) is 3.32. The van der Waals surface area contributed by atoms with Crippen molar-refractivity contribution in [2.24, 2.45) is 0 Å². The molecule has 8 heteroatoms. The summed E-state index contributed by atoms with van der Waals surface area (Å²) in [5.74, 6) is 2.44. The predicted octanol–water partition coefficient (Wildman–Crippen LogP) is 6.77. The minimum Gasteiger partial charge on any atom is -0.378 e. The van der Waals surface area contributed by atoms with Crippen LogP contribution in [0.4, 0.5) is 5.82 Å². The van der Waals surface area contributed by atoms with E-state index in [9.17, 15) is 0 Å². The van der Waals surface area contributed by atoms with Gasteiger partial charge in [-0.1, -0.05) is 49.4 Å². The molecule has 6 rings (SSSR count). The summed E-state index contributed by atoms with van der Waals surface area (Å²) in [4.78, 5) is 18.1. The molecule has 198 valence electrons. The summed E-state index contributed by atoms with van der Waals surface area (Å²) in [5.41, 5.74) is 4.74. The van der Waals surface area contributed by atoms with Crippen LogP contribution in [0.1, 0.15) is 49.8 Å². The van der Waals surface area contributed by atoms with E-state index in [1.54, 1.807) is 29.4 Å². The van der Waals surface area contributed by atoms with Gasteiger partial charge in [0, 0.05) is 36.2 Å². The number of aromatic nitrogens is 3. The molecule has 0 unspecified atom stereocenters. The Labute approximate surface area is 232 Å². The molecule has 38 heavy (non-hydrogen) atoms. The van der Waals surface area contributed by atoms with Crippen molar-refractivity contribution >= 4 is 49.3 Å². The van der Waals surface area contributed by atoms with Crippen molar-refractivity contribution in [2.75, 3.05) is 37.0 Å². The average molecular weight is 547 g/mol. The predicted molar refractivity (Wildman–Crippen MR) is 158 cm³/mol. The number of ether oxygens (including phenoxy) is 2. The van der Waals surface area contributed by atoms with E-state index >= 15 is 0 Å². The smallest absolute Gasteiger partial charge is 0.136 e. The van der Waals surface area contributed by atoms with Crippen molar-refractivity contribution in [1.29, 1.82) is 0 Å². The second kappa shape index (κ2) is 10.9. The third-order valence-corrected chi connectivity index (χ3v) is 9.58. The lowest BCUT2D eigenvalue weighted by molar-refractivity contribution is -0.0396. The second-order valence-electron chi connectivity index (χ2n) is 10.7. The van der Waals surface area contributed by atoms with Gasteiger partial charge in [0.2, 0.25) is 0 Å². The molecule has 1 saturated heterocycles. The fourth-order valence-corrected chi connectivity index (χ4v) is 7.40. The third kappa shape index (κ3) is 5.19. The van der Waals surface area contributed by atoms with Crippen LogP contribution in [0.3, 0.4) is 0 Å². The summed E-state index contributed by atoms with van der Waals surface area (Å²) in [6.45, 7) is 10.4. The molecule has 0 spiro atoms. The molecule has 0 aliphatic carbocycles. The lowest BCUT2D eigenvalue weighted by Gasteiger charge is -2.36. The molecule has 1 fully saturated rings. The molecule has 0 bridgehead atoms. The minimum absolute atomic E-state index is 0.218. The molecular weight excluding hydrogens is 512 g/mol. The van der Waals surface area contributed by atoms with Crippen LogP contribution in [0, 0.1) is 0 Å². The molecule has 1 aromatic carbocycles. The van der Waals surface area contributed by atoms with Gasteiger partial charge in [-0.15, -0.1) is 23.1 Å². The summed E-state index contributed by atoms with van der Waals surface area (Å²) < 4.78 is 13.0. The Hall–Kier alpha value is -2.52. The first-order valence-corrected chi connectivity index (χ1v) is 15.2. The maximum Gasteiger partial charge on any atom is 0.136 e. The van der Waals surface area contributed by atoms with E-state index < -0.39 is 0 Å². The number of hydrogen-bond acceptors (Lipinski definition) is 8. The van der Waals surface area contributed by atoms with Gasteiger partial charge >= 0.3 is 0 Å². The van der Waals surface area contributed by atoms with Crippen LogP contribution in [-0.4, -0.2) is 52.6 Å². The number of nitrogens with zero attached hydrogens (tertiary/aromatic N) is 4.